The van der Waals surface area contributed by atoms with Gasteiger partial charge in [0.15, 0.2) is 0 Å². The standard InChI is InChI=1S/C4H7F6N3O6S4/c1-20(14,12-22(16,17)3(5,6)7)11-21(2,15)13-23(18,19)4(8,9)10/h1-2H3,(H,11,12,13,14,15). The average molecular weight is 435 g/mol. The molecule has 9 nitrogen and oxygen atoms in total. The van der Waals surface area contributed by atoms with Gasteiger partial charge in [-0.05, 0) is 0 Å². The van der Waals surface area contributed by atoms with Crippen molar-refractivity contribution < 1.29 is 51.6 Å². The molecule has 0 radical (unpaired) electrons. The lowest BCUT2D eigenvalue weighted by atomic mass is 11.6. The highest BCUT2D eigenvalue weighted by Crippen LogP contribution is 2.26. The maximum absolute atomic E-state index is 12.0. The van der Waals surface area contributed by atoms with Crippen LogP contribution in [0.25, 0.3) is 0 Å². The van der Waals surface area contributed by atoms with E-state index < -0.39 is 50.9 Å². The summed E-state index contributed by atoms with van der Waals surface area (Å²) in [6.07, 6.45) is 0.268. The highest BCUT2D eigenvalue weighted by Gasteiger charge is 2.48. The van der Waals surface area contributed by atoms with Crippen molar-refractivity contribution in [2.45, 2.75) is 11.0 Å². The lowest BCUT2D eigenvalue weighted by molar-refractivity contribution is -0.0440. The lowest BCUT2D eigenvalue weighted by Crippen LogP contribution is -2.33. The van der Waals surface area contributed by atoms with Crippen LogP contribution >= 0.6 is 0 Å². The molecule has 0 saturated carbocycles. The number of hydrogen-bond donors (Lipinski definition) is 1. The van der Waals surface area contributed by atoms with E-state index in [9.17, 15) is 51.6 Å². The van der Waals surface area contributed by atoms with Crippen LogP contribution in [0.1, 0.15) is 0 Å². The van der Waals surface area contributed by atoms with E-state index in [1.807, 2.05) is 7.54 Å². The molecule has 0 bridgehead atoms. The first-order chi connectivity index (χ1) is 9.62. The van der Waals surface area contributed by atoms with Crippen LogP contribution in [0.2, 0.25) is 0 Å². The predicted molar refractivity (Wildman–Crippen MR) is 66.1 cm³/mol. The summed E-state index contributed by atoms with van der Waals surface area (Å²) in [5, 5.41) is 0. The summed E-state index contributed by atoms with van der Waals surface area (Å²) >= 11 is 0. The zero-order valence-corrected chi connectivity index (χ0v) is 14.0. The topological polar surface area (TPSA) is 139 Å². The van der Waals surface area contributed by atoms with Gasteiger partial charge in [-0.2, -0.15) is 43.2 Å². The van der Waals surface area contributed by atoms with Crippen LogP contribution in [0, 0.1) is 0 Å². The molecular formula is C4H7F6N3O6S4. The molecule has 140 valence electrons. The Labute approximate surface area is 127 Å². The normalized spacial score (nSPS) is 19.5. The summed E-state index contributed by atoms with van der Waals surface area (Å²) in [6.45, 7) is 0. The molecule has 23 heavy (non-hydrogen) atoms. The molecule has 2 atom stereocenters. The van der Waals surface area contributed by atoms with E-state index in [0.717, 1.165) is 4.13 Å². The second kappa shape index (κ2) is 6.01. The Bertz CT molecular complexity index is 834. The van der Waals surface area contributed by atoms with Gasteiger partial charge in [0.1, 0.15) is 19.8 Å². The molecule has 1 N–H and O–H groups in total. The Hall–Kier alpha value is -0.660. The monoisotopic (exact) mass is 435 g/mol. The van der Waals surface area contributed by atoms with Gasteiger partial charge in [0, 0.05) is 12.5 Å². The van der Waals surface area contributed by atoms with Crippen LogP contribution in [0.15, 0.2) is 7.54 Å². The molecule has 0 aromatic heterocycles. The first-order valence-electron chi connectivity index (χ1n) is 4.50. The third-order valence-corrected chi connectivity index (χ3v) is 8.86. The molecule has 0 aromatic rings. The molecule has 0 aliphatic carbocycles. The number of halogens is 6. The van der Waals surface area contributed by atoms with Gasteiger partial charge in [-0.1, -0.05) is 7.54 Å². The Morgan fingerprint density at radius 1 is 0.652 bits per heavy atom. The second-order valence-corrected chi connectivity index (χ2v) is 11.6. The van der Waals surface area contributed by atoms with Crippen LogP contribution in [0.3, 0.4) is 0 Å². The van der Waals surface area contributed by atoms with Crippen LogP contribution in [-0.4, -0.2) is 48.8 Å². The highest BCUT2D eigenvalue weighted by atomic mass is 32.3. The molecule has 0 fully saturated rings. The Morgan fingerprint density at radius 2 is 0.870 bits per heavy atom. The van der Waals surface area contributed by atoms with E-state index in [-0.39, 0.29) is 12.5 Å². The largest absolute Gasteiger partial charge is 0.519 e. The van der Waals surface area contributed by atoms with Crippen LogP contribution in [0.5, 0.6) is 0 Å². The first kappa shape index (κ1) is 22.3. The molecular weight excluding hydrogens is 428 g/mol. The number of sulfonamides is 2. The van der Waals surface area contributed by atoms with Gasteiger partial charge in [-0.15, -0.1) is 4.13 Å². The maximum atomic E-state index is 12.0. The Kier molecular flexibility index (Phi) is 5.83. The number of hydrogen-bond acceptors (Lipinski definition) is 6. The SMILES string of the molecule is CS(=O)(=NS(=O)(=O)C(F)(F)F)NS(C)(=O)=NS(=O)(=O)C(F)(F)F. The fourth-order valence-electron chi connectivity index (χ4n) is 0.776. The molecule has 0 aromatic carbocycles. The fraction of sp³-hybridized carbons (Fsp3) is 1.00. The van der Waals surface area contributed by atoms with Crippen molar-refractivity contribution >= 4 is 39.9 Å². The minimum atomic E-state index is -6.35. The second-order valence-electron chi connectivity index (χ2n) is 3.68. The van der Waals surface area contributed by atoms with Crippen molar-refractivity contribution in [3.8, 4) is 0 Å². The van der Waals surface area contributed by atoms with E-state index in [1.165, 1.54) is 0 Å². The van der Waals surface area contributed by atoms with Crippen molar-refractivity contribution in [2.24, 2.45) is 7.54 Å². The highest BCUT2D eigenvalue weighted by molar-refractivity contribution is 8.12. The van der Waals surface area contributed by atoms with Gasteiger partial charge in [0.25, 0.3) is 0 Å². The van der Waals surface area contributed by atoms with Crippen LogP contribution in [-0.2, 0) is 39.9 Å². The smallest absolute Gasteiger partial charge is 0.232 e. The van der Waals surface area contributed by atoms with Crippen molar-refractivity contribution in [1.82, 2.24) is 4.13 Å². The summed E-state index contributed by atoms with van der Waals surface area (Å²) in [6, 6.07) is 0. The van der Waals surface area contributed by atoms with Crippen molar-refractivity contribution in [1.29, 1.82) is 0 Å². The number of nitrogens with zero attached hydrogens (tertiary/aromatic N) is 2. The summed E-state index contributed by atoms with van der Waals surface area (Å²) in [5.74, 6) is 0. The van der Waals surface area contributed by atoms with Crippen molar-refractivity contribution in [3.05, 3.63) is 0 Å². The third-order valence-electron chi connectivity index (χ3n) is 1.37. The predicted octanol–water partition coefficient (Wildman–Crippen LogP) is 0.301. The molecule has 0 rings (SSSR count). The number of rotatable bonds is 4. The molecule has 19 heteroatoms. The van der Waals surface area contributed by atoms with Crippen LogP contribution in [0.4, 0.5) is 26.3 Å². The molecule has 0 heterocycles. The number of nitrogens with one attached hydrogen (secondary N) is 1. The summed E-state index contributed by atoms with van der Waals surface area (Å²) < 4.78 is 143. The maximum Gasteiger partial charge on any atom is 0.519 e. The van der Waals surface area contributed by atoms with Crippen molar-refractivity contribution in [2.75, 3.05) is 12.5 Å². The average Bonchev–Trinajstić information content (AvgIpc) is 2.05. The minimum Gasteiger partial charge on any atom is -0.232 e. The van der Waals surface area contributed by atoms with Crippen molar-refractivity contribution in [3.63, 3.8) is 0 Å². The quantitative estimate of drug-likeness (QED) is 0.630. The van der Waals surface area contributed by atoms with Crippen LogP contribution < -0.4 is 4.13 Å². The zero-order valence-electron chi connectivity index (χ0n) is 10.7. The molecule has 2 unspecified atom stereocenters. The lowest BCUT2D eigenvalue weighted by Gasteiger charge is -2.10. The molecule has 0 amide bonds. The molecule has 0 spiro atoms. The minimum absolute atomic E-state index is 0.134. The van der Waals surface area contributed by atoms with E-state index in [0.29, 0.717) is 0 Å². The molecule has 0 aliphatic rings. The van der Waals surface area contributed by atoms with E-state index >= 15 is 0 Å². The summed E-state index contributed by atoms with van der Waals surface area (Å²) in [4.78, 5) is 0. The Morgan fingerprint density at radius 3 is 1.04 bits per heavy atom. The van der Waals surface area contributed by atoms with Gasteiger partial charge in [0.05, 0.1) is 0 Å². The molecule has 0 aliphatic heterocycles. The van der Waals surface area contributed by atoms with Gasteiger partial charge in [-0.3, -0.25) is 0 Å². The van der Waals surface area contributed by atoms with E-state index in [2.05, 4.69) is 0 Å². The van der Waals surface area contributed by atoms with Gasteiger partial charge < -0.3 is 0 Å². The van der Waals surface area contributed by atoms with E-state index in [1.54, 1.807) is 0 Å². The fourth-order valence-corrected chi connectivity index (χ4v) is 7.53. The number of alkyl halides is 6. The van der Waals surface area contributed by atoms with Gasteiger partial charge in [0.2, 0.25) is 0 Å². The zero-order chi connectivity index (χ0) is 19.1. The molecule has 0 saturated heterocycles. The first-order valence-corrected chi connectivity index (χ1v) is 11.2. The summed E-state index contributed by atoms with van der Waals surface area (Å²) in [7, 11) is -22.3. The third kappa shape index (κ3) is 6.39. The van der Waals surface area contributed by atoms with Gasteiger partial charge >= 0.3 is 31.1 Å². The van der Waals surface area contributed by atoms with Gasteiger partial charge in [-0.25, -0.2) is 8.42 Å². The Balaban J connectivity index is 6.11. The summed E-state index contributed by atoms with van der Waals surface area (Å²) in [5.41, 5.74) is -12.0. The van der Waals surface area contributed by atoms with E-state index in [4.69, 9.17) is 0 Å².